The quantitative estimate of drug-likeness (QED) is 0.773. The van der Waals surface area contributed by atoms with E-state index in [1.807, 2.05) is 13.8 Å². The van der Waals surface area contributed by atoms with Gasteiger partial charge in [0.25, 0.3) is 0 Å². The van der Waals surface area contributed by atoms with Gasteiger partial charge in [0.1, 0.15) is 5.76 Å². The van der Waals surface area contributed by atoms with Gasteiger partial charge >= 0.3 is 0 Å². The fourth-order valence-corrected chi connectivity index (χ4v) is 1.62. The second-order valence-corrected chi connectivity index (χ2v) is 4.94. The molecular weight excluding hydrogens is 230 g/mol. The van der Waals surface area contributed by atoms with E-state index in [9.17, 15) is 4.79 Å². The Kier molecular flexibility index (Phi) is 5.85. The van der Waals surface area contributed by atoms with Crippen LogP contribution in [0.2, 0.25) is 0 Å². The SMILES string of the molecule is Cc1noc(C)c1CNCC(=O)NCCC(C)C. The highest BCUT2D eigenvalue weighted by Gasteiger charge is 2.08. The van der Waals surface area contributed by atoms with E-state index < -0.39 is 0 Å². The number of amides is 1. The van der Waals surface area contributed by atoms with Gasteiger partial charge in [0.15, 0.2) is 0 Å². The van der Waals surface area contributed by atoms with E-state index in [1.165, 1.54) is 0 Å². The minimum atomic E-state index is 0.0300. The summed E-state index contributed by atoms with van der Waals surface area (Å²) in [6.07, 6.45) is 1.01. The molecule has 0 unspecified atom stereocenters. The zero-order chi connectivity index (χ0) is 13.5. The van der Waals surface area contributed by atoms with Crippen molar-refractivity contribution in [1.29, 1.82) is 0 Å². The highest BCUT2D eigenvalue weighted by Crippen LogP contribution is 2.10. The molecule has 0 fully saturated rings. The van der Waals surface area contributed by atoms with Crippen LogP contribution in [0, 0.1) is 19.8 Å². The van der Waals surface area contributed by atoms with Crippen molar-refractivity contribution in [3.8, 4) is 0 Å². The van der Waals surface area contributed by atoms with E-state index in [0.29, 0.717) is 19.0 Å². The average molecular weight is 253 g/mol. The molecular formula is C13H23N3O2. The first-order valence-electron chi connectivity index (χ1n) is 6.40. The number of aromatic nitrogens is 1. The molecule has 1 aromatic heterocycles. The molecule has 1 aromatic rings. The molecule has 102 valence electrons. The first kappa shape index (κ1) is 14.7. The first-order chi connectivity index (χ1) is 8.50. The Labute approximate surface area is 108 Å². The maximum Gasteiger partial charge on any atom is 0.233 e. The number of carbonyl (C=O) groups excluding carboxylic acids is 1. The molecule has 0 saturated carbocycles. The summed E-state index contributed by atoms with van der Waals surface area (Å²) in [5.74, 6) is 1.45. The van der Waals surface area contributed by atoms with Crippen molar-refractivity contribution in [2.24, 2.45) is 5.92 Å². The maximum atomic E-state index is 11.5. The summed E-state index contributed by atoms with van der Waals surface area (Å²) < 4.78 is 5.05. The fourth-order valence-electron chi connectivity index (χ4n) is 1.62. The van der Waals surface area contributed by atoms with E-state index >= 15 is 0 Å². The van der Waals surface area contributed by atoms with E-state index in [1.54, 1.807) is 0 Å². The van der Waals surface area contributed by atoms with E-state index in [-0.39, 0.29) is 5.91 Å². The van der Waals surface area contributed by atoms with Gasteiger partial charge in [-0.2, -0.15) is 0 Å². The van der Waals surface area contributed by atoms with Crippen LogP contribution in [-0.4, -0.2) is 24.2 Å². The zero-order valence-electron chi connectivity index (χ0n) is 11.7. The van der Waals surface area contributed by atoms with Crippen molar-refractivity contribution in [2.75, 3.05) is 13.1 Å². The molecule has 0 aliphatic carbocycles. The van der Waals surface area contributed by atoms with Crippen LogP contribution in [0.25, 0.3) is 0 Å². The van der Waals surface area contributed by atoms with E-state index in [4.69, 9.17) is 4.52 Å². The maximum absolute atomic E-state index is 11.5. The van der Waals surface area contributed by atoms with Crippen LogP contribution in [0.15, 0.2) is 4.52 Å². The molecule has 0 bridgehead atoms. The summed E-state index contributed by atoms with van der Waals surface area (Å²) in [6, 6.07) is 0. The Hall–Kier alpha value is -1.36. The van der Waals surface area contributed by atoms with E-state index in [2.05, 4.69) is 29.6 Å². The van der Waals surface area contributed by atoms with Gasteiger partial charge < -0.3 is 15.2 Å². The monoisotopic (exact) mass is 253 g/mol. The first-order valence-corrected chi connectivity index (χ1v) is 6.40. The molecule has 5 heteroatoms. The topological polar surface area (TPSA) is 67.2 Å². The van der Waals surface area contributed by atoms with Gasteiger partial charge in [0.05, 0.1) is 12.2 Å². The van der Waals surface area contributed by atoms with Crippen molar-refractivity contribution < 1.29 is 9.32 Å². The van der Waals surface area contributed by atoms with Gasteiger partial charge in [-0.3, -0.25) is 4.79 Å². The van der Waals surface area contributed by atoms with Crippen LogP contribution in [0.4, 0.5) is 0 Å². The summed E-state index contributed by atoms with van der Waals surface area (Å²) in [7, 11) is 0. The van der Waals surface area contributed by atoms with Crippen molar-refractivity contribution in [3.63, 3.8) is 0 Å². The molecule has 5 nitrogen and oxygen atoms in total. The summed E-state index contributed by atoms with van der Waals surface area (Å²) in [6.45, 7) is 9.73. The van der Waals surface area contributed by atoms with Gasteiger partial charge in [-0.05, 0) is 26.2 Å². The lowest BCUT2D eigenvalue weighted by Gasteiger charge is -2.08. The lowest BCUT2D eigenvalue weighted by Crippen LogP contribution is -2.34. The second-order valence-electron chi connectivity index (χ2n) is 4.94. The summed E-state index contributed by atoms with van der Waals surface area (Å²) in [5.41, 5.74) is 1.91. The summed E-state index contributed by atoms with van der Waals surface area (Å²) in [4.78, 5) is 11.5. The highest BCUT2D eigenvalue weighted by molar-refractivity contribution is 5.77. The Bertz CT molecular complexity index is 366. The number of nitrogens with one attached hydrogen (secondary N) is 2. The molecule has 0 aromatic carbocycles. The molecule has 2 N–H and O–H groups in total. The number of carbonyl (C=O) groups is 1. The van der Waals surface area contributed by atoms with Crippen molar-refractivity contribution in [3.05, 3.63) is 17.0 Å². The number of aryl methyl sites for hydroxylation is 2. The number of nitrogens with zero attached hydrogens (tertiary/aromatic N) is 1. The van der Waals surface area contributed by atoms with Crippen molar-refractivity contribution in [1.82, 2.24) is 15.8 Å². The molecule has 0 radical (unpaired) electrons. The third kappa shape index (κ3) is 4.87. The van der Waals surface area contributed by atoms with Gasteiger partial charge in [0.2, 0.25) is 5.91 Å². The molecule has 0 aliphatic rings. The number of rotatable bonds is 7. The van der Waals surface area contributed by atoms with Crippen LogP contribution < -0.4 is 10.6 Å². The van der Waals surface area contributed by atoms with Gasteiger partial charge in [0, 0.05) is 18.7 Å². The fraction of sp³-hybridized carbons (Fsp3) is 0.692. The molecule has 18 heavy (non-hydrogen) atoms. The molecule has 0 atom stereocenters. The third-order valence-electron chi connectivity index (χ3n) is 2.81. The van der Waals surface area contributed by atoms with Crippen LogP contribution in [0.1, 0.15) is 37.3 Å². The average Bonchev–Trinajstić information content (AvgIpc) is 2.60. The zero-order valence-corrected chi connectivity index (χ0v) is 11.7. The number of hydrogen-bond acceptors (Lipinski definition) is 4. The smallest absolute Gasteiger partial charge is 0.233 e. The van der Waals surface area contributed by atoms with E-state index in [0.717, 1.165) is 30.0 Å². The van der Waals surface area contributed by atoms with Crippen LogP contribution in [-0.2, 0) is 11.3 Å². The Morgan fingerprint density at radius 3 is 2.67 bits per heavy atom. The van der Waals surface area contributed by atoms with Crippen LogP contribution in [0.3, 0.4) is 0 Å². The van der Waals surface area contributed by atoms with Gasteiger partial charge in [-0.15, -0.1) is 0 Å². The predicted octanol–water partition coefficient (Wildman–Crippen LogP) is 1.54. The Morgan fingerprint density at radius 1 is 1.39 bits per heavy atom. The van der Waals surface area contributed by atoms with Crippen molar-refractivity contribution >= 4 is 5.91 Å². The van der Waals surface area contributed by atoms with Crippen LogP contribution in [0.5, 0.6) is 0 Å². The molecule has 1 rings (SSSR count). The summed E-state index contributed by atoms with van der Waals surface area (Å²) in [5, 5.41) is 9.85. The molecule has 0 saturated heterocycles. The second kappa shape index (κ2) is 7.16. The van der Waals surface area contributed by atoms with Gasteiger partial charge in [-0.1, -0.05) is 19.0 Å². The largest absolute Gasteiger partial charge is 0.361 e. The standard InChI is InChI=1S/C13H23N3O2/c1-9(2)5-6-15-13(17)8-14-7-12-10(3)16-18-11(12)4/h9,14H,5-8H2,1-4H3,(H,15,17). The predicted molar refractivity (Wildman–Crippen MR) is 70.1 cm³/mol. The highest BCUT2D eigenvalue weighted by atomic mass is 16.5. The minimum Gasteiger partial charge on any atom is -0.361 e. The van der Waals surface area contributed by atoms with Crippen LogP contribution >= 0.6 is 0 Å². The van der Waals surface area contributed by atoms with Gasteiger partial charge in [-0.25, -0.2) is 0 Å². The lowest BCUT2D eigenvalue weighted by atomic mass is 10.1. The third-order valence-corrected chi connectivity index (χ3v) is 2.81. The molecule has 1 heterocycles. The van der Waals surface area contributed by atoms with Crippen molar-refractivity contribution in [2.45, 2.75) is 40.7 Å². The number of hydrogen-bond donors (Lipinski definition) is 2. The minimum absolute atomic E-state index is 0.0300. The Morgan fingerprint density at radius 2 is 2.11 bits per heavy atom. The molecule has 1 amide bonds. The molecule has 0 aliphatic heterocycles. The molecule has 0 spiro atoms. The summed E-state index contributed by atoms with van der Waals surface area (Å²) >= 11 is 0. The normalized spacial score (nSPS) is 10.9. The Balaban J connectivity index is 2.20. The lowest BCUT2D eigenvalue weighted by molar-refractivity contribution is -0.120.